The molecule has 1 amide bonds. The van der Waals surface area contributed by atoms with E-state index in [0.717, 1.165) is 5.69 Å². The number of rotatable bonds is 0. The molecule has 0 saturated heterocycles. The van der Waals surface area contributed by atoms with Gasteiger partial charge in [0.2, 0.25) is 5.91 Å². The number of hydrogen-bond donors (Lipinski definition) is 1. The summed E-state index contributed by atoms with van der Waals surface area (Å²) in [6.45, 7) is 4.10. The summed E-state index contributed by atoms with van der Waals surface area (Å²) in [7, 11) is 0. The highest BCUT2D eigenvalue weighted by Crippen LogP contribution is 2.34. The molecule has 0 bridgehead atoms. The third kappa shape index (κ3) is 1.44. The minimum atomic E-state index is 0.103. The summed E-state index contributed by atoms with van der Waals surface area (Å²) in [4.78, 5) is 12.3. The fourth-order valence-electron chi connectivity index (χ4n) is 1.39. The van der Waals surface area contributed by atoms with Gasteiger partial charge in [0.25, 0.3) is 0 Å². The predicted molar refractivity (Wildman–Crippen MR) is 55.3 cm³/mol. The van der Waals surface area contributed by atoms with Crippen molar-refractivity contribution < 1.29 is 4.79 Å². The Bertz CT molecular complexity index is 373. The topological polar surface area (TPSA) is 29.1 Å². The third-order valence-corrected chi connectivity index (χ3v) is 3.38. The largest absolute Gasteiger partial charge is 0.324 e. The van der Waals surface area contributed by atoms with Crippen LogP contribution in [0.2, 0.25) is 0 Å². The maximum Gasteiger partial charge on any atom is 0.234 e. The fraction of sp³-hybridized carbons (Fsp3) is 0.300. The first kappa shape index (κ1) is 8.63. The monoisotopic (exact) mass is 193 g/mol. The van der Waals surface area contributed by atoms with Crippen LogP contribution in [0.3, 0.4) is 0 Å². The summed E-state index contributed by atoms with van der Waals surface area (Å²) in [6.07, 6.45) is 0. The molecule has 1 aliphatic heterocycles. The Morgan fingerprint density at radius 3 is 2.92 bits per heavy atom. The van der Waals surface area contributed by atoms with E-state index in [1.165, 1.54) is 16.0 Å². The third-order valence-electron chi connectivity index (χ3n) is 2.32. The standard InChI is InChI=1S/C10H11NOS/c1-6-3-4-8-10(7(6)2)11-9(12)5-13-8/h3-4H,5H2,1-2H3,(H,11,12). The van der Waals surface area contributed by atoms with Gasteiger partial charge in [-0.2, -0.15) is 0 Å². The quantitative estimate of drug-likeness (QED) is 0.685. The van der Waals surface area contributed by atoms with Crippen LogP contribution in [0.25, 0.3) is 0 Å². The van der Waals surface area contributed by atoms with Crippen LogP contribution >= 0.6 is 11.8 Å². The van der Waals surface area contributed by atoms with E-state index in [1.54, 1.807) is 11.8 Å². The second-order valence-electron chi connectivity index (χ2n) is 3.22. The molecule has 0 atom stereocenters. The Kier molecular flexibility index (Phi) is 2.04. The van der Waals surface area contributed by atoms with Gasteiger partial charge in [-0.1, -0.05) is 6.07 Å². The maximum absolute atomic E-state index is 11.2. The molecule has 2 rings (SSSR count). The SMILES string of the molecule is Cc1ccc2c(c1C)NC(=O)CS2. The molecular formula is C10H11NOS. The molecule has 68 valence electrons. The summed E-state index contributed by atoms with van der Waals surface area (Å²) in [5.41, 5.74) is 3.40. The first-order valence-electron chi connectivity index (χ1n) is 4.21. The Morgan fingerprint density at radius 2 is 2.15 bits per heavy atom. The molecule has 0 saturated carbocycles. The molecule has 3 heteroatoms. The summed E-state index contributed by atoms with van der Waals surface area (Å²) in [5.74, 6) is 0.640. The van der Waals surface area contributed by atoms with Gasteiger partial charge >= 0.3 is 0 Å². The van der Waals surface area contributed by atoms with Gasteiger partial charge in [0, 0.05) is 4.90 Å². The normalized spacial score (nSPS) is 15.1. The van der Waals surface area contributed by atoms with E-state index in [0.29, 0.717) is 5.75 Å². The molecule has 1 aliphatic rings. The Labute approximate surface area is 81.7 Å². The maximum atomic E-state index is 11.2. The molecule has 0 unspecified atom stereocenters. The first-order valence-corrected chi connectivity index (χ1v) is 5.20. The van der Waals surface area contributed by atoms with Crippen LogP contribution in [-0.2, 0) is 4.79 Å². The van der Waals surface area contributed by atoms with Crippen molar-refractivity contribution in [3.63, 3.8) is 0 Å². The van der Waals surface area contributed by atoms with E-state index in [-0.39, 0.29) is 5.91 Å². The molecule has 1 aromatic rings. The van der Waals surface area contributed by atoms with Crippen LogP contribution < -0.4 is 5.32 Å². The summed E-state index contributed by atoms with van der Waals surface area (Å²) in [6, 6.07) is 4.17. The van der Waals surface area contributed by atoms with Crippen molar-refractivity contribution in [2.24, 2.45) is 0 Å². The predicted octanol–water partition coefficient (Wildman–Crippen LogP) is 2.35. The van der Waals surface area contributed by atoms with Gasteiger partial charge in [0.15, 0.2) is 0 Å². The van der Waals surface area contributed by atoms with Crippen LogP contribution in [0.15, 0.2) is 17.0 Å². The summed E-state index contributed by atoms with van der Waals surface area (Å²) >= 11 is 1.61. The van der Waals surface area contributed by atoms with E-state index < -0.39 is 0 Å². The minimum Gasteiger partial charge on any atom is -0.324 e. The van der Waals surface area contributed by atoms with Crippen molar-refractivity contribution >= 4 is 23.4 Å². The number of benzene rings is 1. The molecule has 0 fully saturated rings. The van der Waals surface area contributed by atoms with E-state index in [4.69, 9.17) is 0 Å². The van der Waals surface area contributed by atoms with Gasteiger partial charge in [-0.15, -0.1) is 11.8 Å². The van der Waals surface area contributed by atoms with Crippen molar-refractivity contribution in [3.05, 3.63) is 23.3 Å². The molecule has 0 radical (unpaired) electrons. The highest BCUT2D eigenvalue weighted by atomic mass is 32.2. The summed E-state index contributed by atoms with van der Waals surface area (Å²) < 4.78 is 0. The van der Waals surface area contributed by atoms with Crippen molar-refractivity contribution in [2.75, 3.05) is 11.1 Å². The number of hydrogen-bond acceptors (Lipinski definition) is 2. The van der Waals surface area contributed by atoms with Crippen molar-refractivity contribution in [3.8, 4) is 0 Å². The zero-order valence-corrected chi connectivity index (χ0v) is 8.49. The highest BCUT2D eigenvalue weighted by molar-refractivity contribution is 8.00. The molecule has 1 heterocycles. The Hall–Kier alpha value is -0.960. The minimum absolute atomic E-state index is 0.103. The second kappa shape index (κ2) is 3.07. The Morgan fingerprint density at radius 1 is 1.38 bits per heavy atom. The van der Waals surface area contributed by atoms with E-state index in [9.17, 15) is 4.79 Å². The molecule has 13 heavy (non-hydrogen) atoms. The lowest BCUT2D eigenvalue weighted by Gasteiger charge is -2.19. The lowest BCUT2D eigenvalue weighted by molar-refractivity contribution is -0.113. The van der Waals surface area contributed by atoms with Gasteiger partial charge in [-0.3, -0.25) is 4.79 Å². The van der Waals surface area contributed by atoms with E-state index in [1.807, 2.05) is 6.92 Å². The number of nitrogens with one attached hydrogen (secondary N) is 1. The molecule has 0 aliphatic carbocycles. The number of carbonyl (C=O) groups is 1. The molecule has 1 aromatic carbocycles. The van der Waals surface area contributed by atoms with Gasteiger partial charge < -0.3 is 5.32 Å². The lowest BCUT2D eigenvalue weighted by Crippen LogP contribution is -2.19. The Balaban J connectivity index is 2.54. The lowest BCUT2D eigenvalue weighted by atomic mass is 10.1. The average Bonchev–Trinajstić information content (AvgIpc) is 2.12. The van der Waals surface area contributed by atoms with Gasteiger partial charge in [-0.25, -0.2) is 0 Å². The fourth-order valence-corrected chi connectivity index (χ4v) is 2.26. The van der Waals surface area contributed by atoms with Crippen LogP contribution in [0.5, 0.6) is 0 Å². The van der Waals surface area contributed by atoms with Crippen molar-refractivity contribution in [1.82, 2.24) is 0 Å². The zero-order valence-electron chi connectivity index (χ0n) is 7.68. The number of amides is 1. The molecule has 0 aromatic heterocycles. The van der Waals surface area contributed by atoms with E-state index >= 15 is 0 Å². The van der Waals surface area contributed by atoms with Crippen LogP contribution in [0, 0.1) is 13.8 Å². The van der Waals surface area contributed by atoms with Gasteiger partial charge in [0.1, 0.15) is 0 Å². The molecule has 1 N–H and O–H groups in total. The van der Waals surface area contributed by atoms with Crippen molar-refractivity contribution in [2.45, 2.75) is 18.7 Å². The molecule has 0 spiro atoms. The highest BCUT2D eigenvalue weighted by Gasteiger charge is 2.17. The average molecular weight is 193 g/mol. The second-order valence-corrected chi connectivity index (χ2v) is 4.23. The van der Waals surface area contributed by atoms with E-state index in [2.05, 4.69) is 24.4 Å². The van der Waals surface area contributed by atoms with Crippen LogP contribution in [-0.4, -0.2) is 11.7 Å². The number of fused-ring (bicyclic) bond motifs is 1. The van der Waals surface area contributed by atoms with Crippen LogP contribution in [0.4, 0.5) is 5.69 Å². The van der Waals surface area contributed by atoms with Gasteiger partial charge in [-0.05, 0) is 31.0 Å². The smallest absolute Gasteiger partial charge is 0.234 e. The number of aryl methyl sites for hydroxylation is 1. The molecular weight excluding hydrogens is 182 g/mol. The zero-order chi connectivity index (χ0) is 9.42. The summed E-state index contributed by atoms with van der Waals surface area (Å²) in [5, 5.41) is 2.91. The number of carbonyl (C=O) groups excluding carboxylic acids is 1. The molecule has 2 nitrogen and oxygen atoms in total. The van der Waals surface area contributed by atoms with Crippen LogP contribution in [0.1, 0.15) is 11.1 Å². The first-order chi connectivity index (χ1) is 6.18. The van der Waals surface area contributed by atoms with Gasteiger partial charge in [0.05, 0.1) is 11.4 Å². The number of thioether (sulfide) groups is 1. The van der Waals surface area contributed by atoms with Crippen molar-refractivity contribution in [1.29, 1.82) is 0 Å². The number of anilines is 1.